The SMILES string of the molecule is O=C(Nc1ccc(Nc2ccccc2)cc1)C1CCN(c2ccc(-c3ccc(F)cc3)nn2)CC1. The van der Waals surface area contributed by atoms with E-state index < -0.39 is 0 Å². The summed E-state index contributed by atoms with van der Waals surface area (Å²) < 4.78 is 13.1. The number of rotatable bonds is 6. The number of aromatic nitrogens is 2. The van der Waals surface area contributed by atoms with Crippen molar-refractivity contribution in [3.8, 4) is 11.3 Å². The predicted molar refractivity (Wildman–Crippen MR) is 137 cm³/mol. The molecule has 0 aliphatic carbocycles. The van der Waals surface area contributed by atoms with E-state index in [0.29, 0.717) is 5.69 Å². The van der Waals surface area contributed by atoms with Gasteiger partial charge in [0.25, 0.3) is 0 Å². The molecule has 4 aromatic rings. The van der Waals surface area contributed by atoms with Crippen molar-refractivity contribution in [2.75, 3.05) is 28.6 Å². The molecular formula is C28H26FN5O. The summed E-state index contributed by atoms with van der Waals surface area (Å²) in [4.78, 5) is 15.0. The zero-order valence-corrected chi connectivity index (χ0v) is 19.2. The lowest BCUT2D eigenvalue weighted by Crippen LogP contribution is -2.38. The van der Waals surface area contributed by atoms with Gasteiger partial charge in [0.15, 0.2) is 5.82 Å². The van der Waals surface area contributed by atoms with Gasteiger partial charge in [-0.3, -0.25) is 4.79 Å². The van der Waals surface area contributed by atoms with Gasteiger partial charge in [0.05, 0.1) is 5.69 Å². The van der Waals surface area contributed by atoms with Gasteiger partial charge in [-0.15, -0.1) is 10.2 Å². The third-order valence-electron chi connectivity index (χ3n) is 6.20. The number of amides is 1. The zero-order chi connectivity index (χ0) is 24.0. The first-order chi connectivity index (χ1) is 17.1. The van der Waals surface area contributed by atoms with Crippen LogP contribution in [-0.2, 0) is 4.79 Å². The van der Waals surface area contributed by atoms with E-state index in [1.165, 1.54) is 12.1 Å². The van der Waals surface area contributed by atoms with Crippen molar-refractivity contribution in [3.63, 3.8) is 0 Å². The molecule has 0 bridgehead atoms. The summed E-state index contributed by atoms with van der Waals surface area (Å²) in [5, 5.41) is 15.0. The van der Waals surface area contributed by atoms with Crippen LogP contribution < -0.4 is 15.5 Å². The maximum atomic E-state index is 13.1. The third kappa shape index (κ3) is 5.63. The summed E-state index contributed by atoms with van der Waals surface area (Å²) in [6, 6.07) is 27.7. The van der Waals surface area contributed by atoms with Crippen LogP contribution in [0.1, 0.15) is 12.8 Å². The Morgan fingerprint density at radius 3 is 2.09 bits per heavy atom. The fraction of sp³-hybridized carbons (Fsp3) is 0.179. The fourth-order valence-electron chi connectivity index (χ4n) is 4.21. The first-order valence-electron chi connectivity index (χ1n) is 11.7. The Morgan fingerprint density at radius 1 is 0.771 bits per heavy atom. The van der Waals surface area contributed by atoms with Gasteiger partial charge >= 0.3 is 0 Å². The highest BCUT2D eigenvalue weighted by Gasteiger charge is 2.26. The quantitative estimate of drug-likeness (QED) is 0.371. The molecule has 1 saturated heterocycles. The Hall–Kier alpha value is -4.26. The second-order valence-corrected chi connectivity index (χ2v) is 8.60. The smallest absolute Gasteiger partial charge is 0.227 e. The molecule has 1 amide bonds. The lowest BCUT2D eigenvalue weighted by molar-refractivity contribution is -0.120. The van der Waals surface area contributed by atoms with Crippen molar-refractivity contribution in [2.45, 2.75) is 12.8 Å². The van der Waals surface area contributed by atoms with E-state index in [2.05, 4.69) is 25.7 Å². The maximum absolute atomic E-state index is 13.1. The molecule has 0 saturated carbocycles. The monoisotopic (exact) mass is 467 g/mol. The second-order valence-electron chi connectivity index (χ2n) is 8.60. The average Bonchev–Trinajstić information content (AvgIpc) is 2.91. The van der Waals surface area contributed by atoms with E-state index in [-0.39, 0.29) is 17.6 Å². The molecule has 35 heavy (non-hydrogen) atoms. The molecule has 7 heteroatoms. The Kier molecular flexibility index (Phi) is 6.66. The molecule has 6 nitrogen and oxygen atoms in total. The first-order valence-corrected chi connectivity index (χ1v) is 11.7. The summed E-state index contributed by atoms with van der Waals surface area (Å²) in [5.74, 6) is 0.518. The van der Waals surface area contributed by atoms with Crippen LogP contribution in [0, 0.1) is 11.7 Å². The number of anilines is 4. The molecule has 1 fully saturated rings. The Balaban J connectivity index is 1.12. The number of benzene rings is 3. The summed E-state index contributed by atoms with van der Waals surface area (Å²) in [6.07, 6.45) is 1.50. The van der Waals surface area contributed by atoms with Crippen LogP contribution in [0.25, 0.3) is 11.3 Å². The molecule has 0 unspecified atom stereocenters. The summed E-state index contributed by atoms with van der Waals surface area (Å²) in [5.41, 5.74) is 4.30. The topological polar surface area (TPSA) is 70.2 Å². The van der Waals surface area contributed by atoms with Crippen molar-refractivity contribution in [1.82, 2.24) is 10.2 Å². The molecule has 1 aliphatic rings. The summed E-state index contributed by atoms with van der Waals surface area (Å²) >= 11 is 0. The lowest BCUT2D eigenvalue weighted by Gasteiger charge is -2.31. The first kappa shape index (κ1) is 22.5. The van der Waals surface area contributed by atoms with Crippen molar-refractivity contribution in [1.29, 1.82) is 0 Å². The molecule has 2 heterocycles. The molecule has 2 N–H and O–H groups in total. The Morgan fingerprint density at radius 2 is 1.43 bits per heavy atom. The van der Waals surface area contributed by atoms with Gasteiger partial charge in [-0.25, -0.2) is 4.39 Å². The van der Waals surface area contributed by atoms with Crippen LogP contribution in [-0.4, -0.2) is 29.2 Å². The molecule has 3 aromatic carbocycles. The largest absolute Gasteiger partial charge is 0.356 e. The van der Waals surface area contributed by atoms with Crippen molar-refractivity contribution >= 4 is 28.8 Å². The number of nitrogens with one attached hydrogen (secondary N) is 2. The summed E-state index contributed by atoms with van der Waals surface area (Å²) in [6.45, 7) is 1.48. The number of hydrogen-bond donors (Lipinski definition) is 2. The Bertz CT molecular complexity index is 1250. The van der Waals surface area contributed by atoms with E-state index >= 15 is 0 Å². The zero-order valence-electron chi connectivity index (χ0n) is 19.2. The highest BCUT2D eigenvalue weighted by atomic mass is 19.1. The Labute approximate surface area is 203 Å². The molecule has 176 valence electrons. The molecule has 0 spiro atoms. The molecule has 0 atom stereocenters. The van der Waals surface area contributed by atoms with Crippen molar-refractivity contribution in [2.24, 2.45) is 5.92 Å². The highest BCUT2D eigenvalue weighted by molar-refractivity contribution is 5.93. The highest BCUT2D eigenvalue weighted by Crippen LogP contribution is 2.25. The minimum absolute atomic E-state index is 0.0418. The summed E-state index contributed by atoms with van der Waals surface area (Å²) in [7, 11) is 0. The minimum atomic E-state index is -0.276. The second kappa shape index (κ2) is 10.3. The molecular weight excluding hydrogens is 441 g/mol. The minimum Gasteiger partial charge on any atom is -0.356 e. The number of carbonyl (C=O) groups excluding carboxylic acids is 1. The average molecular weight is 468 g/mol. The van der Waals surface area contributed by atoms with Gasteiger partial charge in [0.1, 0.15) is 5.82 Å². The molecule has 1 aliphatic heterocycles. The van der Waals surface area contributed by atoms with Crippen LogP contribution in [0.4, 0.5) is 27.3 Å². The van der Waals surface area contributed by atoms with E-state index in [1.54, 1.807) is 12.1 Å². The number of piperidine rings is 1. The van der Waals surface area contributed by atoms with E-state index in [4.69, 9.17) is 0 Å². The normalized spacial score (nSPS) is 13.9. The number of halogens is 1. The maximum Gasteiger partial charge on any atom is 0.227 e. The standard InChI is InChI=1S/C28H26FN5O/c29-22-8-6-20(7-9-22)26-14-15-27(33-32-26)34-18-16-21(17-19-34)28(35)31-25-12-10-24(11-13-25)30-23-4-2-1-3-5-23/h1-15,21,30H,16-19H2,(H,31,35). The van der Waals surface area contributed by atoms with Gasteiger partial charge in [0, 0.05) is 41.6 Å². The van der Waals surface area contributed by atoms with Gasteiger partial charge in [0.2, 0.25) is 5.91 Å². The van der Waals surface area contributed by atoms with Crippen LogP contribution in [0.5, 0.6) is 0 Å². The van der Waals surface area contributed by atoms with E-state index in [9.17, 15) is 9.18 Å². The predicted octanol–water partition coefficient (Wildman–Crippen LogP) is 5.88. The molecule has 1 aromatic heterocycles. The number of carbonyl (C=O) groups is 1. The van der Waals surface area contributed by atoms with Crippen LogP contribution in [0.2, 0.25) is 0 Å². The lowest BCUT2D eigenvalue weighted by atomic mass is 9.95. The number of para-hydroxylation sites is 1. The van der Waals surface area contributed by atoms with Gasteiger partial charge in [-0.2, -0.15) is 0 Å². The van der Waals surface area contributed by atoms with Crippen LogP contribution in [0.3, 0.4) is 0 Å². The number of nitrogens with zero attached hydrogens (tertiary/aromatic N) is 3. The van der Waals surface area contributed by atoms with Crippen molar-refractivity contribution < 1.29 is 9.18 Å². The molecule has 0 radical (unpaired) electrons. The van der Waals surface area contributed by atoms with Crippen LogP contribution in [0.15, 0.2) is 91.0 Å². The van der Waals surface area contributed by atoms with E-state index in [1.807, 2.05) is 66.7 Å². The number of hydrogen-bond acceptors (Lipinski definition) is 5. The van der Waals surface area contributed by atoms with Gasteiger partial charge in [-0.05, 0) is 85.6 Å². The third-order valence-corrected chi connectivity index (χ3v) is 6.20. The van der Waals surface area contributed by atoms with Crippen LogP contribution >= 0.6 is 0 Å². The van der Waals surface area contributed by atoms with Gasteiger partial charge in [-0.1, -0.05) is 18.2 Å². The fourth-order valence-corrected chi connectivity index (χ4v) is 4.21. The molecule has 5 rings (SSSR count). The van der Waals surface area contributed by atoms with Gasteiger partial charge < -0.3 is 15.5 Å². The van der Waals surface area contributed by atoms with Crippen molar-refractivity contribution in [3.05, 3.63) is 96.8 Å². The van der Waals surface area contributed by atoms with E-state index in [0.717, 1.165) is 54.4 Å².